The molecule has 0 heterocycles. The third-order valence-electron chi connectivity index (χ3n) is 1.40. The molecule has 0 atom stereocenters. The van der Waals surface area contributed by atoms with Crippen LogP contribution in [-0.4, -0.2) is 11.1 Å². The summed E-state index contributed by atoms with van der Waals surface area (Å²) in [6, 6.07) is 4.61. The third-order valence-corrected chi connectivity index (χ3v) is 1.83. The molecule has 2 nitrogen and oxygen atoms in total. The molecule has 3 heteroatoms. The summed E-state index contributed by atoms with van der Waals surface area (Å²) in [5.41, 5.74) is 1.05. The van der Waals surface area contributed by atoms with Crippen molar-refractivity contribution in [3.63, 3.8) is 0 Å². The van der Waals surface area contributed by atoms with Crippen LogP contribution in [0.3, 0.4) is 0 Å². The van der Waals surface area contributed by atoms with E-state index in [1.165, 1.54) is 6.07 Å². The lowest BCUT2D eigenvalue weighted by molar-refractivity contribution is 0.0697. The van der Waals surface area contributed by atoms with Gasteiger partial charge in [0.2, 0.25) is 0 Å². The van der Waals surface area contributed by atoms with Crippen molar-refractivity contribution in [1.29, 1.82) is 0 Å². The van der Waals surface area contributed by atoms with Gasteiger partial charge in [-0.05, 0) is 30.7 Å². The molecule has 1 rings (SSSR count). The van der Waals surface area contributed by atoms with Gasteiger partial charge in [0.25, 0.3) is 0 Å². The molecule has 13 heavy (non-hydrogen) atoms. The highest BCUT2D eigenvalue weighted by Crippen LogP contribution is 2.15. The number of aryl methyl sites for hydroxylation is 1. The minimum Gasteiger partial charge on any atom is -0.478 e. The van der Waals surface area contributed by atoms with Crippen LogP contribution in [0.5, 0.6) is 0 Å². The van der Waals surface area contributed by atoms with E-state index in [4.69, 9.17) is 16.7 Å². The first-order chi connectivity index (χ1) is 6.11. The summed E-state index contributed by atoms with van der Waals surface area (Å²) in [4.78, 5) is 10.4. The molecule has 1 aromatic rings. The molecular formula is C10H13ClO2. The molecule has 0 bridgehead atoms. The van der Waals surface area contributed by atoms with Gasteiger partial charge in [0.05, 0.1) is 5.56 Å². The topological polar surface area (TPSA) is 37.3 Å². The molecule has 0 aliphatic rings. The van der Waals surface area contributed by atoms with E-state index in [0.29, 0.717) is 5.02 Å². The van der Waals surface area contributed by atoms with Crippen LogP contribution in [0.25, 0.3) is 0 Å². The highest BCUT2D eigenvalue weighted by atomic mass is 35.5. The van der Waals surface area contributed by atoms with Crippen molar-refractivity contribution in [2.45, 2.75) is 20.8 Å². The molecule has 0 amide bonds. The highest BCUT2D eigenvalue weighted by molar-refractivity contribution is 6.31. The third kappa shape index (κ3) is 3.47. The Morgan fingerprint density at radius 3 is 2.31 bits per heavy atom. The molecule has 1 N–H and O–H groups in total. The van der Waals surface area contributed by atoms with Crippen LogP contribution < -0.4 is 0 Å². The molecular weight excluding hydrogens is 188 g/mol. The van der Waals surface area contributed by atoms with Crippen molar-refractivity contribution in [3.8, 4) is 0 Å². The summed E-state index contributed by atoms with van der Waals surface area (Å²) in [6.07, 6.45) is 0. The first-order valence-corrected chi connectivity index (χ1v) is 4.48. The molecule has 72 valence electrons. The van der Waals surface area contributed by atoms with E-state index in [9.17, 15) is 4.79 Å². The second kappa shape index (κ2) is 5.60. The zero-order chi connectivity index (χ0) is 10.4. The van der Waals surface area contributed by atoms with Gasteiger partial charge in [0, 0.05) is 5.02 Å². The zero-order valence-electron chi connectivity index (χ0n) is 7.97. The van der Waals surface area contributed by atoms with E-state index < -0.39 is 5.97 Å². The standard InChI is InChI=1S/C8H7ClO2.C2H6/c1-5-4-6(8(10)11)2-3-7(5)9;1-2/h2-4H,1H3,(H,10,11);1-2H3. The summed E-state index contributed by atoms with van der Waals surface area (Å²) in [6.45, 7) is 5.77. The molecule has 0 aliphatic heterocycles. The average Bonchev–Trinajstić information content (AvgIpc) is 2.13. The number of rotatable bonds is 1. The Balaban J connectivity index is 0.000000671. The molecule has 0 aliphatic carbocycles. The number of halogens is 1. The van der Waals surface area contributed by atoms with Gasteiger partial charge in [-0.2, -0.15) is 0 Å². The molecule has 1 aromatic carbocycles. The fourth-order valence-corrected chi connectivity index (χ4v) is 0.895. The van der Waals surface area contributed by atoms with E-state index in [0.717, 1.165) is 5.56 Å². The van der Waals surface area contributed by atoms with Gasteiger partial charge < -0.3 is 5.11 Å². The first kappa shape index (κ1) is 12.0. The number of hydrogen-bond acceptors (Lipinski definition) is 1. The fraction of sp³-hybridized carbons (Fsp3) is 0.300. The van der Waals surface area contributed by atoms with E-state index in [1.54, 1.807) is 19.1 Å². The van der Waals surface area contributed by atoms with Crippen LogP contribution in [0.15, 0.2) is 18.2 Å². The predicted octanol–water partition coefficient (Wildman–Crippen LogP) is 3.37. The SMILES string of the molecule is CC.Cc1cc(C(=O)O)ccc1Cl. The average molecular weight is 201 g/mol. The molecule has 0 saturated carbocycles. The van der Waals surface area contributed by atoms with Gasteiger partial charge in [0.1, 0.15) is 0 Å². The Morgan fingerprint density at radius 2 is 1.92 bits per heavy atom. The summed E-state index contributed by atoms with van der Waals surface area (Å²) < 4.78 is 0. The minimum atomic E-state index is -0.926. The molecule has 0 aromatic heterocycles. The summed E-state index contributed by atoms with van der Waals surface area (Å²) in [7, 11) is 0. The second-order valence-corrected chi connectivity index (χ2v) is 2.68. The van der Waals surface area contributed by atoms with Gasteiger partial charge in [-0.15, -0.1) is 0 Å². The minimum absolute atomic E-state index is 0.270. The van der Waals surface area contributed by atoms with Gasteiger partial charge in [-0.1, -0.05) is 25.4 Å². The summed E-state index contributed by atoms with van der Waals surface area (Å²) in [5.74, 6) is -0.926. The van der Waals surface area contributed by atoms with Gasteiger partial charge in [0.15, 0.2) is 0 Å². The number of hydrogen-bond donors (Lipinski definition) is 1. The highest BCUT2D eigenvalue weighted by Gasteiger charge is 2.03. The van der Waals surface area contributed by atoms with Crippen LogP contribution in [0, 0.1) is 6.92 Å². The Morgan fingerprint density at radius 1 is 1.38 bits per heavy atom. The zero-order valence-corrected chi connectivity index (χ0v) is 8.72. The number of carboxylic acids is 1. The van der Waals surface area contributed by atoms with Crippen LogP contribution in [0.1, 0.15) is 29.8 Å². The quantitative estimate of drug-likeness (QED) is 0.755. The van der Waals surface area contributed by atoms with E-state index in [2.05, 4.69) is 0 Å². The number of carboxylic acid groups (broad SMARTS) is 1. The summed E-state index contributed by atoms with van der Waals surface area (Å²) >= 11 is 5.69. The van der Waals surface area contributed by atoms with Crippen molar-refractivity contribution >= 4 is 17.6 Å². The maximum Gasteiger partial charge on any atom is 0.335 e. The Labute approximate surface area is 83.2 Å². The van der Waals surface area contributed by atoms with Gasteiger partial charge >= 0.3 is 5.97 Å². The maximum absolute atomic E-state index is 10.4. The van der Waals surface area contributed by atoms with E-state index in [1.807, 2.05) is 13.8 Å². The number of carbonyl (C=O) groups is 1. The predicted molar refractivity (Wildman–Crippen MR) is 54.5 cm³/mol. The van der Waals surface area contributed by atoms with Crippen molar-refractivity contribution in [1.82, 2.24) is 0 Å². The largest absolute Gasteiger partial charge is 0.478 e. The van der Waals surface area contributed by atoms with Crippen LogP contribution in [-0.2, 0) is 0 Å². The monoisotopic (exact) mass is 200 g/mol. The lowest BCUT2D eigenvalue weighted by Crippen LogP contribution is -1.95. The van der Waals surface area contributed by atoms with Crippen molar-refractivity contribution in [2.75, 3.05) is 0 Å². The molecule has 0 spiro atoms. The van der Waals surface area contributed by atoms with Gasteiger partial charge in [-0.3, -0.25) is 0 Å². The molecule has 0 unspecified atom stereocenters. The van der Waals surface area contributed by atoms with Crippen molar-refractivity contribution in [2.24, 2.45) is 0 Å². The van der Waals surface area contributed by atoms with Gasteiger partial charge in [-0.25, -0.2) is 4.79 Å². The van der Waals surface area contributed by atoms with E-state index >= 15 is 0 Å². The van der Waals surface area contributed by atoms with Crippen LogP contribution in [0.2, 0.25) is 5.02 Å². The Bertz CT molecular complexity index is 295. The smallest absolute Gasteiger partial charge is 0.335 e. The fourth-order valence-electron chi connectivity index (χ4n) is 0.778. The number of benzene rings is 1. The maximum atomic E-state index is 10.4. The van der Waals surface area contributed by atoms with Crippen LogP contribution >= 0.6 is 11.6 Å². The molecule has 0 radical (unpaired) electrons. The Hall–Kier alpha value is -1.02. The Kier molecular flexibility index (Phi) is 5.16. The van der Waals surface area contributed by atoms with Crippen molar-refractivity contribution in [3.05, 3.63) is 34.3 Å². The lowest BCUT2D eigenvalue weighted by atomic mass is 10.1. The van der Waals surface area contributed by atoms with Crippen molar-refractivity contribution < 1.29 is 9.90 Å². The molecule has 0 saturated heterocycles. The lowest BCUT2D eigenvalue weighted by Gasteiger charge is -1.97. The second-order valence-electron chi connectivity index (χ2n) is 2.27. The molecule has 0 fully saturated rings. The normalized spacial score (nSPS) is 8.62. The first-order valence-electron chi connectivity index (χ1n) is 4.10. The summed E-state index contributed by atoms with van der Waals surface area (Å²) in [5, 5.41) is 9.15. The number of aromatic carboxylic acids is 1. The van der Waals surface area contributed by atoms with E-state index in [-0.39, 0.29) is 5.56 Å². The van der Waals surface area contributed by atoms with Crippen LogP contribution in [0.4, 0.5) is 0 Å².